The second-order valence-electron chi connectivity index (χ2n) is 9.10. The van der Waals surface area contributed by atoms with Crippen LogP contribution in [0, 0.1) is 6.92 Å². The zero-order valence-corrected chi connectivity index (χ0v) is 23.4. The highest BCUT2D eigenvalue weighted by molar-refractivity contribution is 7.07. The van der Waals surface area contributed by atoms with E-state index in [2.05, 4.69) is 32.6 Å². The number of nitrogens with two attached hydrogens (primary N) is 2. The molecule has 10 nitrogen and oxygen atoms in total. The Bertz CT molecular complexity index is 1050. The van der Waals surface area contributed by atoms with Crippen LogP contribution in [0.15, 0.2) is 28.0 Å². The number of amides is 2. The third-order valence-electron chi connectivity index (χ3n) is 6.54. The van der Waals surface area contributed by atoms with Crippen molar-refractivity contribution in [1.82, 2.24) is 25.2 Å². The van der Waals surface area contributed by atoms with Crippen LogP contribution in [0.5, 0.6) is 0 Å². The number of aromatic nitrogens is 1. The molecule has 2 amide bonds. The van der Waals surface area contributed by atoms with Gasteiger partial charge in [0.1, 0.15) is 23.2 Å². The highest BCUT2D eigenvalue weighted by Crippen LogP contribution is 2.23. The quantitative estimate of drug-likeness (QED) is 0.125. The van der Waals surface area contributed by atoms with Crippen LogP contribution in [0.2, 0.25) is 10.3 Å². The van der Waals surface area contributed by atoms with E-state index in [9.17, 15) is 9.59 Å². The van der Waals surface area contributed by atoms with Crippen LogP contribution in [0.4, 0.5) is 0 Å². The molecule has 1 aliphatic rings. The Labute approximate surface area is 231 Å². The van der Waals surface area contributed by atoms with Crippen molar-refractivity contribution >= 4 is 52.7 Å². The molecule has 0 saturated carbocycles. The normalized spacial score (nSPS) is 15.6. The lowest BCUT2D eigenvalue weighted by atomic mass is 10.00. The zero-order valence-electron chi connectivity index (χ0n) is 21.1. The number of hydrazone groups is 1. The topological polar surface area (TPSA) is 133 Å². The smallest absolute Gasteiger partial charge is 0.254 e. The standard InChI is InChI=1S/C24H34Cl2N8O2S/c1-16-11-20(25)31-23(26)22(16)24(36)29-7-3-17(2)32-8-4-19(5-9-32)33(12-18-6-10-37-14-18)21(35)13-34(28)30-15-27/h6,10-11,14-15,17,19H,3-5,7-9,12-13,28H2,1-2H3,(H2,27,30)(H,29,36). The molecule has 2 aromatic heterocycles. The Morgan fingerprint density at radius 2 is 2.11 bits per heavy atom. The van der Waals surface area contributed by atoms with Gasteiger partial charge in [-0.3, -0.25) is 9.59 Å². The van der Waals surface area contributed by atoms with Gasteiger partial charge in [-0.1, -0.05) is 23.2 Å². The lowest BCUT2D eigenvalue weighted by Crippen LogP contribution is -2.51. The van der Waals surface area contributed by atoms with Gasteiger partial charge in [0.25, 0.3) is 5.91 Å². The van der Waals surface area contributed by atoms with Crippen molar-refractivity contribution in [2.45, 2.75) is 51.7 Å². The summed E-state index contributed by atoms with van der Waals surface area (Å²) in [5.41, 5.74) is 7.43. The van der Waals surface area contributed by atoms with Crippen molar-refractivity contribution in [2.75, 3.05) is 26.2 Å². The van der Waals surface area contributed by atoms with Gasteiger partial charge in [0, 0.05) is 38.3 Å². The number of carbonyl (C=O) groups is 2. The Hall–Kier alpha value is -2.44. The van der Waals surface area contributed by atoms with Crippen LogP contribution in [-0.4, -0.2) is 76.3 Å². The first-order valence-corrected chi connectivity index (χ1v) is 13.8. The number of hydrogen-bond acceptors (Lipinski definition) is 8. The molecule has 202 valence electrons. The summed E-state index contributed by atoms with van der Waals surface area (Å²) in [6.07, 6.45) is 3.55. The molecule has 5 N–H and O–H groups in total. The second kappa shape index (κ2) is 13.9. The molecule has 0 aromatic carbocycles. The van der Waals surface area contributed by atoms with E-state index >= 15 is 0 Å². The lowest BCUT2D eigenvalue weighted by molar-refractivity contribution is -0.136. The minimum atomic E-state index is -0.256. The zero-order chi connectivity index (χ0) is 26.9. The molecule has 0 spiro atoms. The first-order chi connectivity index (χ1) is 17.7. The molecule has 1 fully saturated rings. The number of likely N-dealkylation sites (tertiary alicyclic amines) is 1. The van der Waals surface area contributed by atoms with Gasteiger partial charge in [-0.25, -0.2) is 15.9 Å². The summed E-state index contributed by atoms with van der Waals surface area (Å²) in [6.45, 7) is 6.65. The molecule has 1 aliphatic heterocycles. The van der Waals surface area contributed by atoms with Gasteiger partial charge >= 0.3 is 0 Å². The first-order valence-electron chi connectivity index (χ1n) is 12.1. The predicted octanol–water partition coefficient (Wildman–Crippen LogP) is 2.84. The second-order valence-corrected chi connectivity index (χ2v) is 10.6. The Kier molecular flexibility index (Phi) is 11.0. The molecule has 13 heteroatoms. The highest BCUT2D eigenvalue weighted by atomic mass is 35.5. The number of thiophene rings is 1. The van der Waals surface area contributed by atoms with Gasteiger partial charge in [0.2, 0.25) is 5.91 Å². The third-order valence-corrected chi connectivity index (χ3v) is 7.74. The molecule has 1 atom stereocenters. The van der Waals surface area contributed by atoms with Crippen molar-refractivity contribution < 1.29 is 9.59 Å². The number of carbonyl (C=O) groups excluding carboxylic acids is 2. The molecule has 0 bridgehead atoms. The molecule has 3 rings (SSSR count). The maximum absolute atomic E-state index is 13.1. The summed E-state index contributed by atoms with van der Waals surface area (Å²) in [6, 6.07) is 4.02. The minimum absolute atomic E-state index is 0.0409. The van der Waals surface area contributed by atoms with Gasteiger partial charge in [0.15, 0.2) is 0 Å². The monoisotopic (exact) mass is 568 g/mol. The fourth-order valence-corrected chi connectivity index (χ4v) is 5.81. The summed E-state index contributed by atoms with van der Waals surface area (Å²) >= 11 is 13.6. The Balaban J connectivity index is 1.51. The van der Waals surface area contributed by atoms with E-state index in [1.165, 1.54) is 0 Å². The molecule has 1 unspecified atom stereocenters. The molecule has 3 heterocycles. The van der Waals surface area contributed by atoms with Crippen molar-refractivity contribution in [3.05, 3.63) is 49.9 Å². The number of hydrogen-bond donors (Lipinski definition) is 3. The molecule has 37 heavy (non-hydrogen) atoms. The van der Waals surface area contributed by atoms with Crippen molar-refractivity contribution in [1.29, 1.82) is 0 Å². The summed E-state index contributed by atoms with van der Waals surface area (Å²) in [7, 11) is 0. The number of nitrogens with zero attached hydrogens (tertiary/aromatic N) is 5. The van der Waals surface area contributed by atoms with Crippen molar-refractivity contribution in [3.8, 4) is 0 Å². The molecule has 2 aromatic rings. The van der Waals surface area contributed by atoms with Gasteiger partial charge < -0.3 is 20.9 Å². The molecular weight excluding hydrogens is 535 g/mol. The van der Waals surface area contributed by atoms with Crippen molar-refractivity contribution in [3.63, 3.8) is 0 Å². The van der Waals surface area contributed by atoms with Gasteiger partial charge in [-0.15, -0.1) is 0 Å². The molecular formula is C24H34Cl2N8O2S. The van der Waals surface area contributed by atoms with E-state index in [1.807, 2.05) is 16.3 Å². The van der Waals surface area contributed by atoms with E-state index in [1.54, 1.807) is 24.3 Å². The van der Waals surface area contributed by atoms with Crippen LogP contribution in [0.1, 0.15) is 47.7 Å². The fourth-order valence-electron chi connectivity index (χ4n) is 4.53. The average Bonchev–Trinajstić information content (AvgIpc) is 3.35. The predicted molar refractivity (Wildman–Crippen MR) is 148 cm³/mol. The van der Waals surface area contributed by atoms with E-state index in [0.717, 1.165) is 49.4 Å². The van der Waals surface area contributed by atoms with E-state index in [-0.39, 0.29) is 40.7 Å². The average molecular weight is 570 g/mol. The van der Waals surface area contributed by atoms with Gasteiger partial charge in [0.05, 0.1) is 5.56 Å². The molecule has 1 saturated heterocycles. The number of pyridine rings is 1. The summed E-state index contributed by atoms with van der Waals surface area (Å²) in [5.74, 6) is 5.43. The Morgan fingerprint density at radius 3 is 2.73 bits per heavy atom. The number of piperidine rings is 1. The first kappa shape index (κ1) is 29.1. The largest absolute Gasteiger partial charge is 0.388 e. The number of nitrogens with one attached hydrogen (secondary N) is 1. The van der Waals surface area contributed by atoms with Gasteiger partial charge in [-0.05, 0) is 67.1 Å². The van der Waals surface area contributed by atoms with E-state index in [0.29, 0.717) is 24.2 Å². The van der Waals surface area contributed by atoms with Crippen LogP contribution in [0.3, 0.4) is 0 Å². The Morgan fingerprint density at radius 1 is 1.38 bits per heavy atom. The number of rotatable bonds is 11. The third kappa shape index (κ3) is 8.27. The number of aryl methyl sites for hydroxylation is 1. The number of hydrazine groups is 1. The molecule has 0 aliphatic carbocycles. The summed E-state index contributed by atoms with van der Waals surface area (Å²) in [5, 5.41) is 12.2. The minimum Gasteiger partial charge on any atom is -0.388 e. The van der Waals surface area contributed by atoms with E-state index in [4.69, 9.17) is 34.8 Å². The molecule has 0 radical (unpaired) electrons. The summed E-state index contributed by atoms with van der Waals surface area (Å²) < 4.78 is 0. The fraction of sp³-hybridized carbons (Fsp3) is 0.500. The maximum Gasteiger partial charge on any atom is 0.254 e. The van der Waals surface area contributed by atoms with Crippen LogP contribution in [0.25, 0.3) is 0 Å². The maximum atomic E-state index is 13.1. The van der Waals surface area contributed by atoms with Crippen LogP contribution in [-0.2, 0) is 11.3 Å². The van der Waals surface area contributed by atoms with Crippen LogP contribution >= 0.6 is 34.5 Å². The van der Waals surface area contributed by atoms with Crippen LogP contribution < -0.4 is 16.9 Å². The van der Waals surface area contributed by atoms with Gasteiger partial charge in [-0.2, -0.15) is 16.4 Å². The van der Waals surface area contributed by atoms with Crippen molar-refractivity contribution in [2.24, 2.45) is 16.7 Å². The van der Waals surface area contributed by atoms with E-state index < -0.39 is 0 Å². The highest BCUT2D eigenvalue weighted by Gasteiger charge is 2.30. The lowest BCUT2D eigenvalue weighted by Gasteiger charge is -2.41. The number of halogens is 2. The summed E-state index contributed by atoms with van der Waals surface area (Å²) in [4.78, 5) is 34.0. The SMILES string of the molecule is Cc1cc(Cl)nc(Cl)c1C(=O)NCCC(C)N1CCC(N(Cc2ccsc2)C(=O)CN(N)/N=C\N)CC1.